The molecule has 2 aromatic rings. The van der Waals surface area contributed by atoms with Gasteiger partial charge in [0.1, 0.15) is 6.04 Å². The van der Waals surface area contributed by atoms with Crippen molar-refractivity contribution in [3.8, 4) is 11.1 Å². The highest BCUT2D eigenvalue weighted by Gasteiger charge is 2.38. The number of aromatic nitrogens is 1. The molecule has 3 N–H and O–H groups in total. The molecule has 0 aliphatic carbocycles. The predicted molar refractivity (Wildman–Crippen MR) is 103 cm³/mol. The second-order valence-electron chi connectivity index (χ2n) is 7.79. The lowest BCUT2D eigenvalue weighted by atomic mass is 9.82. The fourth-order valence-corrected chi connectivity index (χ4v) is 4.35. The smallest absolute Gasteiger partial charge is 0.251 e. The van der Waals surface area contributed by atoms with Crippen LogP contribution in [-0.4, -0.2) is 45.7 Å². The van der Waals surface area contributed by atoms with Gasteiger partial charge in [-0.25, -0.2) is 0 Å². The molecule has 2 aliphatic rings. The third kappa shape index (κ3) is 3.31. The van der Waals surface area contributed by atoms with Crippen molar-refractivity contribution in [2.45, 2.75) is 38.0 Å². The molecule has 2 bridgehead atoms. The SMILES string of the molecule is C[C@@H](O)[C@H](N)C(=O)N1C[C@@H]2C[C@H](C1)c1cc(-c3ccccc3)cc(=O)n1C2. The molecule has 1 aromatic carbocycles. The average molecular weight is 367 g/mol. The van der Waals surface area contributed by atoms with Crippen molar-refractivity contribution in [2.75, 3.05) is 13.1 Å². The van der Waals surface area contributed by atoms with E-state index in [0.717, 1.165) is 23.2 Å². The van der Waals surface area contributed by atoms with Crippen LogP contribution in [0.3, 0.4) is 0 Å². The molecule has 0 spiro atoms. The van der Waals surface area contributed by atoms with Gasteiger partial charge in [0.05, 0.1) is 6.10 Å². The van der Waals surface area contributed by atoms with Crippen molar-refractivity contribution in [1.29, 1.82) is 0 Å². The molecule has 27 heavy (non-hydrogen) atoms. The highest BCUT2D eigenvalue weighted by Crippen LogP contribution is 2.36. The summed E-state index contributed by atoms with van der Waals surface area (Å²) in [6.45, 7) is 3.28. The molecule has 0 saturated carbocycles. The molecule has 3 heterocycles. The van der Waals surface area contributed by atoms with E-state index >= 15 is 0 Å². The summed E-state index contributed by atoms with van der Waals surface area (Å²) < 4.78 is 1.86. The van der Waals surface area contributed by atoms with Gasteiger partial charge in [0.2, 0.25) is 5.91 Å². The average Bonchev–Trinajstić information content (AvgIpc) is 2.68. The van der Waals surface area contributed by atoms with Crippen LogP contribution in [0.5, 0.6) is 0 Å². The predicted octanol–water partition coefficient (Wildman–Crippen LogP) is 1.17. The van der Waals surface area contributed by atoms with Crippen molar-refractivity contribution in [3.05, 3.63) is 58.5 Å². The van der Waals surface area contributed by atoms with Crippen LogP contribution in [0.25, 0.3) is 11.1 Å². The fourth-order valence-electron chi connectivity index (χ4n) is 4.35. The zero-order valence-electron chi connectivity index (χ0n) is 15.4. The Balaban J connectivity index is 1.67. The summed E-state index contributed by atoms with van der Waals surface area (Å²) in [5.74, 6) is 0.135. The van der Waals surface area contributed by atoms with Crippen LogP contribution >= 0.6 is 0 Å². The second kappa shape index (κ2) is 6.94. The number of aliphatic hydroxyl groups excluding tert-OH is 1. The molecule has 2 aliphatic heterocycles. The minimum atomic E-state index is -0.901. The number of nitrogens with two attached hydrogens (primary N) is 1. The number of rotatable bonds is 3. The van der Waals surface area contributed by atoms with Gasteiger partial charge >= 0.3 is 0 Å². The standard InChI is InChI=1S/C21H25N3O3/c1-13(25)20(22)21(27)23-10-14-7-17(12-23)18-8-16(9-19(26)24(18)11-14)15-5-3-2-4-6-15/h2-6,8-9,13-14,17,20,25H,7,10-12,22H2,1H3/t13-,14+,17-,20+/m1/s1. The molecule has 0 unspecified atom stereocenters. The number of carbonyl (C=O) groups is 1. The summed E-state index contributed by atoms with van der Waals surface area (Å²) in [5, 5.41) is 9.66. The van der Waals surface area contributed by atoms with Crippen molar-refractivity contribution >= 4 is 5.91 Å². The molecule has 1 saturated heterocycles. The van der Waals surface area contributed by atoms with Gasteiger partial charge in [-0.3, -0.25) is 9.59 Å². The third-order valence-corrected chi connectivity index (χ3v) is 5.78. The molecule has 0 radical (unpaired) electrons. The van der Waals surface area contributed by atoms with Gasteiger partial charge in [0.15, 0.2) is 0 Å². The van der Waals surface area contributed by atoms with E-state index in [1.165, 1.54) is 6.92 Å². The molecular formula is C21H25N3O3. The van der Waals surface area contributed by atoms with E-state index in [1.807, 2.05) is 34.9 Å². The van der Waals surface area contributed by atoms with Crippen LogP contribution in [0.2, 0.25) is 0 Å². The van der Waals surface area contributed by atoms with Crippen molar-refractivity contribution in [1.82, 2.24) is 9.47 Å². The van der Waals surface area contributed by atoms with E-state index in [1.54, 1.807) is 11.0 Å². The van der Waals surface area contributed by atoms with E-state index in [4.69, 9.17) is 5.73 Å². The van der Waals surface area contributed by atoms with Gasteiger partial charge in [0.25, 0.3) is 5.56 Å². The zero-order valence-corrected chi connectivity index (χ0v) is 15.4. The molecule has 4 rings (SSSR count). The summed E-state index contributed by atoms with van der Waals surface area (Å²) in [6, 6.07) is 12.7. The Morgan fingerprint density at radius 2 is 1.89 bits per heavy atom. The zero-order chi connectivity index (χ0) is 19.1. The number of carbonyl (C=O) groups excluding carboxylic acids is 1. The van der Waals surface area contributed by atoms with Gasteiger partial charge in [-0.15, -0.1) is 0 Å². The summed E-state index contributed by atoms with van der Waals surface area (Å²) in [5.41, 5.74) is 8.79. The maximum Gasteiger partial charge on any atom is 0.251 e. The number of fused-ring (bicyclic) bond motifs is 4. The quantitative estimate of drug-likeness (QED) is 0.852. The molecule has 1 amide bonds. The first-order chi connectivity index (χ1) is 12.9. The van der Waals surface area contributed by atoms with Crippen molar-refractivity contribution in [2.24, 2.45) is 11.7 Å². The molecule has 6 heteroatoms. The van der Waals surface area contributed by atoms with Crippen LogP contribution in [0.4, 0.5) is 0 Å². The molecule has 1 aromatic heterocycles. The largest absolute Gasteiger partial charge is 0.391 e. The highest BCUT2D eigenvalue weighted by molar-refractivity contribution is 5.82. The number of piperidine rings is 1. The Morgan fingerprint density at radius 3 is 2.59 bits per heavy atom. The Bertz CT molecular complexity index is 907. The number of benzene rings is 1. The van der Waals surface area contributed by atoms with Crippen LogP contribution < -0.4 is 11.3 Å². The third-order valence-electron chi connectivity index (χ3n) is 5.78. The van der Waals surface area contributed by atoms with Crippen molar-refractivity contribution in [3.63, 3.8) is 0 Å². The molecule has 142 valence electrons. The van der Waals surface area contributed by atoms with Gasteiger partial charge in [-0.05, 0) is 36.5 Å². The highest BCUT2D eigenvalue weighted by atomic mass is 16.3. The van der Waals surface area contributed by atoms with Crippen LogP contribution in [-0.2, 0) is 11.3 Å². The molecule has 4 atom stereocenters. The van der Waals surface area contributed by atoms with E-state index < -0.39 is 12.1 Å². The number of hydrogen-bond donors (Lipinski definition) is 2. The van der Waals surface area contributed by atoms with Crippen LogP contribution in [0.15, 0.2) is 47.3 Å². The van der Waals surface area contributed by atoms with E-state index in [-0.39, 0.29) is 23.3 Å². The topological polar surface area (TPSA) is 88.6 Å². The number of hydrogen-bond acceptors (Lipinski definition) is 4. The first-order valence-electron chi connectivity index (χ1n) is 9.46. The van der Waals surface area contributed by atoms with E-state index in [9.17, 15) is 14.7 Å². The lowest BCUT2D eigenvalue weighted by Crippen LogP contribution is -2.55. The number of aliphatic hydroxyl groups is 1. The number of likely N-dealkylation sites (tertiary alicyclic amines) is 1. The Hall–Kier alpha value is -2.44. The fraction of sp³-hybridized carbons (Fsp3) is 0.429. The molecule has 6 nitrogen and oxygen atoms in total. The summed E-state index contributed by atoms with van der Waals surface area (Å²) in [7, 11) is 0. The Kier molecular flexibility index (Phi) is 4.61. The first-order valence-corrected chi connectivity index (χ1v) is 9.46. The van der Waals surface area contributed by atoms with Gasteiger partial charge < -0.3 is 20.3 Å². The van der Waals surface area contributed by atoms with E-state index in [2.05, 4.69) is 6.07 Å². The summed E-state index contributed by atoms with van der Waals surface area (Å²) >= 11 is 0. The summed E-state index contributed by atoms with van der Waals surface area (Å²) in [4.78, 5) is 27.1. The maximum absolute atomic E-state index is 12.7. The number of nitrogens with zero attached hydrogens (tertiary/aromatic N) is 2. The normalized spacial score (nSPS) is 23.4. The monoisotopic (exact) mass is 367 g/mol. The van der Waals surface area contributed by atoms with Gasteiger partial charge in [-0.1, -0.05) is 30.3 Å². The van der Waals surface area contributed by atoms with E-state index in [0.29, 0.717) is 19.6 Å². The maximum atomic E-state index is 12.7. The Labute approximate surface area is 158 Å². The second-order valence-corrected chi connectivity index (χ2v) is 7.79. The minimum Gasteiger partial charge on any atom is -0.391 e. The molecular weight excluding hydrogens is 342 g/mol. The molecule has 1 fully saturated rings. The Morgan fingerprint density at radius 1 is 1.15 bits per heavy atom. The first kappa shape index (κ1) is 17.9. The lowest BCUT2D eigenvalue weighted by molar-refractivity contribution is -0.137. The lowest BCUT2D eigenvalue weighted by Gasteiger charge is -2.43. The number of amides is 1. The van der Waals surface area contributed by atoms with Gasteiger partial charge in [-0.2, -0.15) is 0 Å². The van der Waals surface area contributed by atoms with Crippen molar-refractivity contribution < 1.29 is 9.90 Å². The van der Waals surface area contributed by atoms with Crippen LogP contribution in [0, 0.1) is 5.92 Å². The van der Waals surface area contributed by atoms with Gasteiger partial charge in [0, 0.05) is 37.3 Å². The minimum absolute atomic E-state index is 0.0153. The summed E-state index contributed by atoms with van der Waals surface area (Å²) in [6.07, 6.45) is 0.0876. The number of pyridine rings is 1. The van der Waals surface area contributed by atoms with Crippen LogP contribution in [0.1, 0.15) is 25.0 Å².